The van der Waals surface area contributed by atoms with Gasteiger partial charge in [0.1, 0.15) is 6.10 Å². The zero-order valence-electron chi connectivity index (χ0n) is 19.4. The second-order valence-corrected chi connectivity index (χ2v) is 8.99. The molecule has 8 nitrogen and oxygen atoms in total. The molecule has 34 heavy (non-hydrogen) atoms. The van der Waals surface area contributed by atoms with E-state index in [0.29, 0.717) is 18.5 Å². The second-order valence-electron chi connectivity index (χ2n) is 8.99. The highest BCUT2D eigenvalue weighted by Crippen LogP contribution is 2.28. The molecule has 2 saturated heterocycles. The van der Waals surface area contributed by atoms with Gasteiger partial charge >= 0.3 is 6.03 Å². The van der Waals surface area contributed by atoms with Gasteiger partial charge in [-0.05, 0) is 37.5 Å². The van der Waals surface area contributed by atoms with Crippen LogP contribution in [0.25, 0.3) is 0 Å². The molecule has 2 fully saturated rings. The van der Waals surface area contributed by atoms with Crippen molar-refractivity contribution in [1.29, 1.82) is 0 Å². The molecule has 4 rings (SSSR count). The lowest BCUT2D eigenvalue weighted by Crippen LogP contribution is -2.58. The maximum Gasteiger partial charge on any atom is 0.322 e. The fourth-order valence-electron chi connectivity index (χ4n) is 4.62. The normalized spacial score (nSPS) is 25.9. The molecule has 0 saturated carbocycles. The summed E-state index contributed by atoms with van der Waals surface area (Å²) in [6, 6.07) is 18.4. The van der Waals surface area contributed by atoms with Crippen molar-refractivity contribution in [2.75, 3.05) is 25.1 Å². The van der Waals surface area contributed by atoms with E-state index in [-0.39, 0.29) is 62.4 Å². The van der Waals surface area contributed by atoms with Crippen molar-refractivity contribution in [3.63, 3.8) is 0 Å². The van der Waals surface area contributed by atoms with E-state index in [1.165, 1.54) is 0 Å². The molecule has 3 N–H and O–H groups in total. The van der Waals surface area contributed by atoms with Crippen LogP contribution >= 0.6 is 0 Å². The average Bonchev–Trinajstić information content (AvgIpc) is 2.83. The Kier molecular flexibility index (Phi) is 8.16. The highest BCUT2D eigenvalue weighted by molar-refractivity contribution is 5.89. The number of rotatable bonds is 5. The van der Waals surface area contributed by atoms with Crippen LogP contribution in [0.5, 0.6) is 0 Å². The molecule has 0 aromatic heterocycles. The van der Waals surface area contributed by atoms with Crippen LogP contribution in [0.1, 0.15) is 37.8 Å². The topological polar surface area (TPSA) is 100 Å². The fraction of sp³-hybridized carbons (Fsp3) is 0.462. The smallest absolute Gasteiger partial charge is 0.322 e. The molecule has 0 aliphatic carbocycles. The number of benzene rings is 2. The maximum absolute atomic E-state index is 13.1. The van der Waals surface area contributed by atoms with Gasteiger partial charge in [0.05, 0.1) is 50.5 Å². The first kappa shape index (κ1) is 24.2. The number of fused-ring (bicyclic) bond motifs is 1. The minimum atomic E-state index is -0.773. The predicted octanol–water partition coefficient (Wildman–Crippen LogP) is 3.10. The van der Waals surface area contributed by atoms with Crippen LogP contribution in [0.15, 0.2) is 60.7 Å². The third-order valence-corrected chi connectivity index (χ3v) is 6.36. The molecule has 5 atom stereocenters. The van der Waals surface area contributed by atoms with E-state index in [2.05, 4.69) is 10.6 Å². The quantitative estimate of drug-likeness (QED) is 0.628. The molecule has 2 heterocycles. The van der Waals surface area contributed by atoms with Gasteiger partial charge in [-0.2, -0.15) is 0 Å². The van der Waals surface area contributed by atoms with Crippen molar-refractivity contribution in [2.24, 2.45) is 0 Å². The summed E-state index contributed by atoms with van der Waals surface area (Å²) >= 11 is 0. The Bertz CT molecular complexity index is 942. The van der Waals surface area contributed by atoms with Gasteiger partial charge in [0.25, 0.3) is 0 Å². The molecular weight excluding hydrogens is 434 g/mol. The van der Waals surface area contributed by atoms with Gasteiger partial charge in [0.15, 0.2) is 0 Å². The number of hydrogen-bond donors (Lipinski definition) is 3. The number of carbonyl (C=O) groups excluding carboxylic acids is 2. The molecule has 182 valence electrons. The molecule has 2 aliphatic rings. The van der Waals surface area contributed by atoms with E-state index < -0.39 is 6.10 Å². The maximum atomic E-state index is 13.1. The van der Waals surface area contributed by atoms with Gasteiger partial charge in [-0.3, -0.25) is 4.79 Å². The lowest BCUT2D eigenvalue weighted by atomic mass is 9.94. The molecule has 2 aromatic rings. The van der Waals surface area contributed by atoms with Crippen molar-refractivity contribution in [3.05, 3.63) is 66.2 Å². The standard InChI is InChI=1S/C26H33N3O5/c1-18(19-8-4-2-5-9-19)27-25(31)14-22-12-13-23-24(34-22)17-33-16-21(30)15-29(23)26(32)28-20-10-6-3-7-11-20/h2-11,18,21-24,30H,12-17H2,1H3,(H,27,31)(H,28,32)/t18-,21-,22+,23-,24+/m1/s1. The van der Waals surface area contributed by atoms with Crippen LogP contribution in [0.4, 0.5) is 10.5 Å². The van der Waals surface area contributed by atoms with E-state index in [1.54, 1.807) is 4.90 Å². The summed E-state index contributed by atoms with van der Waals surface area (Å²) in [7, 11) is 0. The Labute approximate surface area is 200 Å². The van der Waals surface area contributed by atoms with E-state index in [9.17, 15) is 14.7 Å². The molecule has 0 spiro atoms. The number of anilines is 1. The highest BCUT2D eigenvalue weighted by Gasteiger charge is 2.40. The minimum absolute atomic E-state index is 0.0688. The summed E-state index contributed by atoms with van der Waals surface area (Å²) < 4.78 is 11.9. The first-order valence-electron chi connectivity index (χ1n) is 11.9. The zero-order chi connectivity index (χ0) is 23.9. The summed E-state index contributed by atoms with van der Waals surface area (Å²) in [6.45, 7) is 2.50. The first-order chi connectivity index (χ1) is 16.5. The number of amides is 3. The SMILES string of the molecule is C[C@@H](NC(=O)C[C@@H]1CC[C@@H]2[C@H](COC[C@H](O)CN2C(=O)Nc2ccccc2)O1)c1ccccc1. The van der Waals surface area contributed by atoms with E-state index >= 15 is 0 Å². The van der Waals surface area contributed by atoms with Crippen molar-refractivity contribution in [2.45, 2.75) is 56.6 Å². The van der Waals surface area contributed by atoms with Crippen LogP contribution < -0.4 is 10.6 Å². The summed E-state index contributed by atoms with van der Waals surface area (Å²) in [6.07, 6.45) is 0.155. The number of nitrogens with zero attached hydrogens (tertiary/aromatic N) is 1. The summed E-state index contributed by atoms with van der Waals surface area (Å²) in [4.78, 5) is 27.4. The number of urea groups is 1. The molecule has 2 aliphatic heterocycles. The van der Waals surface area contributed by atoms with Gasteiger partial charge < -0.3 is 30.1 Å². The number of para-hydroxylation sites is 1. The fourth-order valence-corrected chi connectivity index (χ4v) is 4.62. The second kappa shape index (κ2) is 11.5. The Hall–Kier alpha value is -2.94. The first-order valence-corrected chi connectivity index (χ1v) is 11.9. The van der Waals surface area contributed by atoms with Gasteiger partial charge in [-0.15, -0.1) is 0 Å². The van der Waals surface area contributed by atoms with Gasteiger partial charge in [0, 0.05) is 5.69 Å². The van der Waals surface area contributed by atoms with Gasteiger partial charge in [0.2, 0.25) is 5.91 Å². The third kappa shape index (κ3) is 6.34. The van der Waals surface area contributed by atoms with Gasteiger partial charge in [-0.1, -0.05) is 48.5 Å². The van der Waals surface area contributed by atoms with Crippen molar-refractivity contribution >= 4 is 17.6 Å². The van der Waals surface area contributed by atoms with E-state index in [0.717, 1.165) is 5.56 Å². The summed E-state index contributed by atoms with van der Waals surface area (Å²) in [5, 5.41) is 16.2. The number of aliphatic hydroxyl groups excluding tert-OH is 1. The monoisotopic (exact) mass is 467 g/mol. The van der Waals surface area contributed by atoms with Crippen molar-refractivity contribution in [3.8, 4) is 0 Å². The molecule has 8 heteroatoms. The Morgan fingerprint density at radius 1 is 1.06 bits per heavy atom. The number of ether oxygens (including phenoxy) is 2. The molecular formula is C26H33N3O5. The lowest BCUT2D eigenvalue weighted by molar-refractivity contribution is -0.150. The number of nitrogens with one attached hydrogen (secondary N) is 2. The summed E-state index contributed by atoms with van der Waals surface area (Å²) in [5.74, 6) is -0.0688. The summed E-state index contributed by atoms with van der Waals surface area (Å²) in [5.41, 5.74) is 1.74. The van der Waals surface area contributed by atoms with Gasteiger partial charge in [-0.25, -0.2) is 4.79 Å². The third-order valence-electron chi connectivity index (χ3n) is 6.36. The zero-order valence-corrected chi connectivity index (χ0v) is 19.4. The Morgan fingerprint density at radius 2 is 1.76 bits per heavy atom. The number of hydrogen-bond acceptors (Lipinski definition) is 5. The highest BCUT2D eigenvalue weighted by atomic mass is 16.5. The molecule has 0 bridgehead atoms. The Morgan fingerprint density at radius 3 is 2.50 bits per heavy atom. The minimum Gasteiger partial charge on any atom is -0.389 e. The molecule has 0 radical (unpaired) electrons. The average molecular weight is 468 g/mol. The molecule has 0 unspecified atom stereocenters. The van der Waals surface area contributed by atoms with Crippen LogP contribution in [0.3, 0.4) is 0 Å². The largest absolute Gasteiger partial charge is 0.389 e. The lowest BCUT2D eigenvalue weighted by Gasteiger charge is -2.44. The van der Waals surface area contributed by atoms with Crippen molar-refractivity contribution < 1.29 is 24.2 Å². The van der Waals surface area contributed by atoms with Crippen LogP contribution in [-0.2, 0) is 14.3 Å². The molecule has 3 amide bonds. The van der Waals surface area contributed by atoms with Crippen molar-refractivity contribution in [1.82, 2.24) is 10.2 Å². The predicted molar refractivity (Wildman–Crippen MR) is 128 cm³/mol. The number of β-amino-alcohol motifs (C(OH)–C–C–N with tert-alkyl or cyclic N) is 1. The molecule has 2 aromatic carbocycles. The van der Waals surface area contributed by atoms with Crippen LogP contribution in [0, 0.1) is 0 Å². The van der Waals surface area contributed by atoms with Crippen LogP contribution in [-0.4, -0.2) is 66.1 Å². The van der Waals surface area contributed by atoms with E-state index in [4.69, 9.17) is 9.47 Å². The number of aliphatic hydroxyl groups is 1. The Balaban J connectivity index is 1.37. The van der Waals surface area contributed by atoms with Crippen LogP contribution in [0.2, 0.25) is 0 Å². The number of carbonyl (C=O) groups is 2. The van der Waals surface area contributed by atoms with E-state index in [1.807, 2.05) is 67.6 Å².